The largest absolute Gasteiger partial charge is 0.494 e. The van der Waals surface area contributed by atoms with E-state index in [2.05, 4.69) is 21.2 Å². The molecule has 0 saturated heterocycles. The van der Waals surface area contributed by atoms with Crippen molar-refractivity contribution in [1.29, 1.82) is 0 Å². The van der Waals surface area contributed by atoms with Gasteiger partial charge in [-0.3, -0.25) is 4.79 Å². The summed E-state index contributed by atoms with van der Waals surface area (Å²) in [5, 5.41) is 2.87. The SMILES string of the molecule is CCOc1cccc(NC(=O)c2cc(C)c(Br)s2)c1. The third-order valence-electron chi connectivity index (χ3n) is 2.48. The van der Waals surface area contributed by atoms with Gasteiger partial charge in [0.15, 0.2) is 0 Å². The number of aryl methyl sites for hydroxylation is 1. The highest BCUT2D eigenvalue weighted by Gasteiger charge is 2.11. The molecule has 19 heavy (non-hydrogen) atoms. The second-order valence-corrected chi connectivity index (χ2v) is 6.35. The zero-order valence-electron chi connectivity index (χ0n) is 10.7. The van der Waals surface area contributed by atoms with Crippen molar-refractivity contribution >= 4 is 38.9 Å². The normalized spacial score (nSPS) is 10.3. The molecule has 3 nitrogen and oxygen atoms in total. The van der Waals surface area contributed by atoms with Crippen LogP contribution in [0.3, 0.4) is 0 Å². The quantitative estimate of drug-likeness (QED) is 0.892. The fraction of sp³-hybridized carbons (Fsp3) is 0.214. The smallest absolute Gasteiger partial charge is 0.265 e. The van der Waals surface area contributed by atoms with Crippen molar-refractivity contribution in [2.24, 2.45) is 0 Å². The van der Waals surface area contributed by atoms with Crippen LogP contribution in [0.2, 0.25) is 0 Å². The molecule has 0 radical (unpaired) electrons. The lowest BCUT2D eigenvalue weighted by Crippen LogP contribution is -2.10. The number of halogens is 1. The molecule has 0 aliphatic carbocycles. The van der Waals surface area contributed by atoms with Crippen LogP contribution in [0, 0.1) is 6.92 Å². The minimum Gasteiger partial charge on any atom is -0.494 e. The highest BCUT2D eigenvalue weighted by atomic mass is 79.9. The molecule has 1 heterocycles. The lowest BCUT2D eigenvalue weighted by atomic mass is 10.3. The Hall–Kier alpha value is -1.33. The van der Waals surface area contributed by atoms with Gasteiger partial charge in [-0.05, 0) is 53.5 Å². The molecule has 0 bridgehead atoms. The molecule has 0 unspecified atom stereocenters. The zero-order valence-corrected chi connectivity index (χ0v) is 13.1. The van der Waals surface area contributed by atoms with Crippen LogP contribution in [0.5, 0.6) is 5.75 Å². The van der Waals surface area contributed by atoms with E-state index < -0.39 is 0 Å². The molecule has 2 rings (SSSR count). The first-order chi connectivity index (χ1) is 9.10. The van der Waals surface area contributed by atoms with Gasteiger partial charge in [0.1, 0.15) is 5.75 Å². The highest BCUT2D eigenvalue weighted by Crippen LogP contribution is 2.28. The number of nitrogens with one attached hydrogen (secondary N) is 1. The lowest BCUT2D eigenvalue weighted by molar-refractivity contribution is 0.103. The third kappa shape index (κ3) is 3.58. The van der Waals surface area contributed by atoms with Crippen molar-refractivity contribution in [2.75, 3.05) is 11.9 Å². The number of amides is 1. The Bertz CT molecular complexity index is 575. The van der Waals surface area contributed by atoms with Gasteiger partial charge in [0, 0.05) is 11.8 Å². The van der Waals surface area contributed by atoms with E-state index in [1.807, 2.05) is 44.2 Å². The van der Waals surface area contributed by atoms with E-state index in [9.17, 15) is 4.79 Å². The minimum atomic E-state index is -0.104. The molecule has 2 aromatic rings. The van der Waals surface area contributed by atoms with Gasteiger partial charge in [0.05, 0.1) is 15.3 Å². The van der Waals surface area contributed by atoms with Gasteiger partial charge >= 0.3 is 0 Å². The molecule has 1 N–H and O–H groups in total. The number of carbonyl (C=O) groups is 1. The topological polar surface area (TPSA) is 38.3 Å². The molecule has 0 spiro atoms. The number of carbonyl (C=O) groups excluding carboxylic acids is 1. The first kappa shape index (κ1) is 14.1. The molecule has 0 aliphatic heterocycles. The molecule has 5 heteroatoms. The van der Waals surface area contributed by atoms with Gasteiger partial charge in [-0.25, -0.2) is 0 Å². The summed E-state index contributed by atoms with van der Waals surface area (Å²) < 4.78 is 6.39. The van der Waals surface area contributed by atoms with Crippen molar-refractivity contribution in [3.05, 3.63) is 44.6 Å². The maximum absolute atomic E-state index is 12.1. The zero-order chi connectivity index (χ0) is 13.8. The molecule has 0 atom stereocenters. The number of hydrogen-bond donors (Lipinski definition) is 1. The molecule has 0 fully saturated rings. The average molecular weight is 340 g/mol. The highest BCUT2D eigenvalue weighted by molar-refractivity contribution is 9.11. The molecule has 100 valence electrons. The molecule has 1 amide bonds. The van der Waals surface area contributed by atoms with E-state index >= 15 is 0 Å². The summed E-state index contributed by atoms with van der Waals surface area (Å²) in [5.41, 5.74) is 1.80. The Morgan fingerprint density at radius 1 is 1.42 bits per heavy atom. The second kappa shape index (κ2) is 6.21. The Kier molecular flexibility index (Phi) is 4.61. The molecular formula is C14H14BrNO2S. The molecule has 0 saturated carbocycles. The molecule has 0 aliphatic rings. The summed E-state index contributed by atoms with van der Waals surface area (Å²) in [6.07, 6.45) is 0. The van der Waals surface area contributed by atoms with E-state index in [1.165, 1.54) is 11.3 Å². The second-order valence-electron chi connectivity index (χ2n) is 3.98. The summed E-state index contributed by atoms with van der Waals surface area (Å²) in [6, 6.07) is 9.25. The van der Waals surface area contributed by atoms with Gasteiger partial charge < -0.3 is 10.1 Å². The van der Waals surface area contributed by atoms with Crippen LogP contribution in [0.1, 0.15) is 22.2 Å². The number of thiophene rings is 1. The van der Waals surface area contributed by atoms with Gasteiger partial charge in [-0.2, -0.15) is 0 Å². The van der Waals surface area contributed by atoms with Gasteiger partial charge in [-0.15, -0.1) is 11.3 Å². The maximum Gasteiger partial charge on any atom is 0.265 e. The Morgan fingerprint density at radius 2 is 2.21 bits per heavy atom. The lowest BCUT2D eigenvalue weighted by Gasteiger charge is -2.07. The Balaban J connectivity index is 2.12. The molecule has 1 aromatic heterocycles. The summed E-state index contributed by atoms with van der Waals surface area (Å²) in [4.78, 5) is 12.8. The van der Waals surface area contributed by atoms with Crippen LogP contribution >= 0.6 is 27.3 Å². The monoisotopic (exact) mass is 339 g/mol. The van der Waals surface area contributed by atoms with Gasteiger partial charge in [-0.1, -0.05) is 6.07 Å². The van der Waals surface area contributed by atoms with E-state index in [1.54, 1.807) is 0 Å². The van der Waals surface area contributed by atoms with Crippen LogP contribution in [-0.4, -0.2) is 12.5 Å². The summed E-state index contributed by atoms with van der Waals surface area (Å²) in [5.74, 6) is 0.649. The van der Waals surface area contributed by atoms with E-state index in [4.69, 9.17) is 4.74 Å². The maximum atomic E-state index is 12.1. The molecule has 1 aromatic carbocycles. The van der Waals surface area contributed by atoms with Crippen LogP contribution in [0.4, 0.5) is 5.69 Å². The first-order valence-corrected chi connectivity index (χ1v) is 7.51. The van der Waals surface area contributed by atoms with Crippen molar-refractivity contribution in [3.8, 4) is 5.75 Å². The predicted octanol–water partition coefficient (Wildman–Crippen LogP) is 4.47. The number of benzene rings is 1. The first-order valence-electron chi connectivity index (χ1n) is 5.90. The minimum absolute atomic E-state index is 0.104. The Labute approximate surface area is 124 Å². The third-order valence-corrected chi connectivity index (χ3v) is 4.62. The summed E-state index contributed by atoms with van der Waals surface area (Å²) in [7, 11) is 0. The summed E-state index contributed by atoms with van der Waals surface area (Å²) >= 11 is 4.85. The van der Waals surface area contributed by atoms with Gasteiger partial charge in [0.25, 0.3) is 5.91 Å². The molecular weight excluding hydrogens is 326 g/mol. The van der Waals surface area contributed by atoms with Crippen molar-refractivity contribution in [1.82, 2.24) is 0 Å². The van der Waals surface area contributed by atoms with E-state index in [0.717, 1.165) is 20.8 Å². The van der Waals surface area contributed by atoms with Gasteiger partial charge in [0.2, 0.25) is 0 Å². The number of ether oxygens (including phenoxy) is 1. The van der Waals surface area contributed by atoms with E-state index in [-0.39, 0.29) is 5.91 Å². The fourth-order valence-corrected chi connectivity index (χ4v) is 3.02. The predicted molar refractivity (Wildman–Crippen MR) is 82.3 cm³/mol. The Morgan fingerprint density at radius 3 is 2.84 bits per heavy atom. The number of rotatable bonds is 4. The number of anilines is 1. The van der Waals surface area contributed by atoms with Crippen LogP contribution in [-0.2, 0) is 0 Å². The average Bonchev–Trinajstić information content (AvgIpc) is 2.71. The summed E-state index contributed by atoms with van der Waals surface area (Å²) in [6.45, 7) is 4.50. The number of hydrogen-bond acceptors (Lipinski definition) is 3. The van der Waals surface area contributed by atoms with E-state index in [0.29, 0.717) is 11.5 Å². The standard InChI is InChI=1S/C14H14BrNO2S/c1-3-18-11-6-4-5-10(8-11)16-14(17)12-7-9(2)13(15)19-12/h4-8H,3H2,1-2H3,(H,16,17). The van der Waals surface area contributed by atoms with Crippen LogP contribution in [0.15, 0.2) is 34.1 Å². The van der Waals surface area contributed by atoms with Crippen LogP contribution in [0.25, 0.3) is 0 Å². The van der Waals surface area contributed by atoms with Crippen LogP contribution < -0.4 is 10.1 Å². The fourth-order valence-electron chi connectivity index (χ4n) is 1.59. The van der Waals surface area contributed by atoms with Crippen molar-refractivity contribution in [2.45, 2.75) is 13.8 Å². The van der Waals surface area contributed by atoms with Crippen molar-refractivity contribution < 1.29 is 9.53 Å². The van der Waals surface area contributed by atoms with Crippen molar-refractivity contribution in [3.63, 3.8) is 0 Å².